The number of likely N-dealkylation sites (tertiary alicyclic amines) is 1. The van der Waals surface area contributed by atoms with Crippen LogP contribution >= 0.6 is 22.9 Å². The molecule has 1 aromatic rings. The number of halogens is 1. The van der Waals surface area contributed by atoms with Gasteiger partial charge in [-0.05, 0) is 50.9 Å². The van der Waals surface area contributed by atoms with Gasteiger partial charge in [-0.25, -0.2) is 0 Å². The van der Waals surface area contributed by atoms with Crippen LogP contribution in [0.3, 0.4) is 0 Å². The van der Waals surface area contributed by atoms with Crippen molar-refractivity contribution in [1.82, 2.24) is 10.3 Å². The first-order valence-corrected chi connectivity index (χ1v) is 8.81. The predicted molar refractivity (Wildman–Crippen MR) is 88.3 cm³/mol. The highest BCUT2D eigenvalue weighted by atomic mass is 35.5. The molecule has 0 aliphatic carbocycles. The second-order valence-electron chi connectivity index (χ2n) is 5.63. The van der Waals surface area contributed by atoms with E-state index in [1.807, 2.05) is 6.07 Å². The number of hydrogen-bond acceptors (Lipinski definition) is 4. The lowest BCUT2D eigenvalue weighted by molar-refractivity contribution is 0.0623. The van der Waals surface area contributed by atoms with Crippen molar-refractivity contribution < 1.29 is 0 Å². The van der Waals surface area contributed by atoms with Gasteiger partial charge in [0.15, 0.2) is 0 Å². The summed E-state index contributed by atoms with van der Waals surface area (Å²) in [5, 5.41) is 0. The Morgan fingerprint density at radius 1 is 1.35 bits per heavy atom. The molecule has 2 heterocycles. The fraction of sp³-hybridized carbons (Fsp3) is 0.733. The number of hydrazine groups is 1. The molecular weight excluding hydrogens is 290 g/mol. The summed E-state index contributed by atoms with van der Waals surface area (Å²) in [6.45, 7) is 6.97. The molecule has 3 N–H and O–H groups in total. The molecule has 1 unspecified atom stereocenters. The largest absolute Gasteiger partial charge is 0.296 e. The highest BCUT2D eigenvalue weighted by molar-refractivity contribution is 7.16. The van der Waals surface area contributed by atoms with Crippen molar-refractivity contribution in [3.63, 3.8) is 0 Å². The third kappa shape index (κ3) is 3.20. The van der Waals surface area contributed by atoms with Crippen LogP contribution in [0.1, 0.15) is 44.4 Å². The van der Waals surface area contributed by atoms with E-state index in [-0.39, 0.29) is 11.6 Å². The van der Waals surface area contributed by atoms with Crippen LogP contribution < -0.4 is 11.3 Å². The van der Waals surface area contributed by atoms with Gasteiger partial charge in [0, 0.05) is 22.9 Å². The lowest BCUT2D eigenvalue weighted by atomic mass is 9.81. The minimum atomic E-state index is 0.154. The van der Waals surface area contributed by atoms with Crippen LogP contribution in [0.5, 0.6) is 0 Å². The SMILES string of the molecule is CCC(CC)(C(Cc1ccc(Cl)s1)NN)N1CCCC1. The number of nitrogens with zero attached hydrogens (tertiary/aromatic N) is 1. The summed E-state index contributed by atoms with van der Waals surface area (Å²) < 4.78 is 0.857. The molecular formula is C15H26ClN3S. The van der Waals surface area contributed by atoms with Crippen LogP contribution in [0.15, 0.2) is 12.1 Å². The number of nitrogens with two attached hydrogens (primary N) is 1. The van der Waals surface area contributed by atoms with Crippen molar-refractivity contribution >= 4 is 22.9 Å². The summed E-state index contributed by atoms with van der Waals surface area (Å²) in [5.74, 6) is 5.93. The molecule has 0 aromatic carbocycles. The van der Waals surface area contributed by atoms with E-state index in [1.165, 1.54) is 30.8 Å². The first-order valence-electron chi connectivity index (χ1n) is 7.61. The molecule has 1 saturated heterocycles. The molecule has 0 bridgehead atoms. The van der Waals surface area contributed by atoms with Crippen LogP contribution in [0.25, 0.3) is 0 Å². The molecule has 5 heteroatoms. The van der Waals surface area contributed by atoms with E-state index in [0.29, 0.717) is 0 Å². The van der Waals surface area contributed by atoms with Crippen molar-refractivity contribution in [2.75, 3.05) is 13.1 Å². The molecule has 114 valence electrons. The number of hydrogen-bond donors (Lipinski definition) is 2. The maximum absolute atomic E-state index is 6.05. The standard InChI is InChI=1S/C15H26ClN3S/c1-3-15(4-2,19-9-5-6-10-19)13(18-17)11-12-7-8-14(16)20-12/h7-8,13,18H,3-6,9-11,17H2,1-2H3. The zero-order valence-electron chi connectivity index (χ0n) is 12.5. The quantitative estimate of drug-likeness (QED) is 0.598. The van der Waals surface area contributed by atoms with Crippen molar-refractivity contribution in [2.45, 2.75) is 57.5 Å². The second-order valence-corrected chi connectivity index (χ2v) is 7.43. The molecule has 0 amide bonds. The molecule has 1 fully saturated rings. The van der Waals surface area contributed by atoms with Gasteiger partial charge in [0.2, 0.25) is 0 Å². The molecule has 1 aromatic heterocycles. The third-order valence-corrected chi connectivity index (χ3v) is 6.10. The normalized spacial score (nSPS) is 18.6. The van der Waals surface area contributed by atoms with E-state index >= 15 is 0 Å². The van der Waals surface area contributed by atoms with Gasteiger partial charge < -0.3 is 0 Å². The second kappa shape index (κ2) is 7.23. The minimum absolute atomic E-state index is 0.154. The Morgan fingerprint density at radius 3 is 2.45 bits per heavy atom. The van der Waals surface area contributed by atoms with Crippen LogP contribution in [0.2, 0.25) is 4.34 Å². The van der Waals surface area contributed by atoms with Gasteiger partial charge in [-0.1, -0.05) is 25.4 Å². The molecule has 0 spiro atoms. The van der Waals surface area contributed by atoms with Crippen LogP contribution in [0, 0.1) is 0 Å². The van der Waals surface area contributed by atoms with Gasteiger partial charge >= 0.3 is 0 Å². The van der Waals surface area contributed by atoms with E-state index in [9.17, 15) is 0 Å². The maximum atomic E-state index is 6.05. The van der Waals surface area contributed by atoms with E-state index < -0.39 is 0 Å². The summed E-state index contributed by atoms with van der Waals surface area (Å²) in [5.41, 5.74) is 3.26. The first kappa shape index (κ1) is 16.2. The van der Waals surface area contributed by atoms with Crippen LogP contribution in [-0.4, -0.2) is 29.6 Å². The van der Waals surface area contributed by atoms with Crippen LogP contribution in [0.4, 0.5) is 0 Å². The van der Waals surface area contributed by atoms with E-state index in [1.54, 1.807) is 11.3 Å². The molecule has 0 radical (unpaired) electrons. The molecule has 2 rings (SSSR count). The van der Waals surface area contributed by atoms with Gasteiger partial charge in [0.05, 0.1) is 4.34 Å². The zero-order chi connectivity index (χ0) is 14.6. The summed E-state index contributed by atoms with van der Waals surface area (Å²) in [7, 11) is 0. The average Bonchev–Trinajstić information content (AvgIpc) is 3.11. The Labute approximate surface area is 131 Å². The van der Waals surface area contributed by atoms with Gasteiger partial charge in [-0.2, -0.15) is 0 Å². The Bertz CT molecular complexity index is 411. The topological polar surface area (TPSA) is 41.3 Å². The zero-order valence-corrected chi connectivity index (χ0v) is 14.1. The van der Waals surface area contributed by atoms with Gasteiger partial charge in [0.1, 0.15) is 0 Å². The number of thiophene rings is 1. The number of nitrogens with one attached hydrogen (secondary N) is 1. The highest BCUT2D eigenvalue weighted by Gasteiger charge is 2.41. The molecule has 1 aliphatic rings. The Hall–Kier alpha value is -0.130. The lowest BCUT2D eigenvalue weighted by Gasteiger charge is -2.46. The van der Waals surface area contributed by atoms with Crippen molar-refractivity contribution in [3.05, 3.63) is 21.3 Å². The highest BCUT2D eigenvalue weighted by Crippen LogP contribution is 2.34. The first-order chi connectivity index (χ1) is 9.66. The maximum Gasteiger partial charge on any atom is 0.0931 e. The van der Waals surface area contributed by atoms with Gasteiger partial charge in [-0.15, -0.1) is 11.3 Å². The monoisotopic (exact) mass is 315 g/mol. The van der Waals surface area contributed by atoms with Crippen molar-refractivity contribution in [2.24, 2.45) is 5.84 Å². The lowest BCUT2D eigenvalue weighted by Crippen LogP contribution is -2.62. The van der Waals surface area contributed by atoms with Gasteiger partial charge in [-0.3, -0.25) is 16.2 Å². The average molecular weight is 316 g/mol. The summed E-state index contributed by atoms with van der Waals surface area (Å²) in [6.07, 6.45) is 5.81. The molecule has 0 saturated carbocycles. The smallest absolute Gasteiger partial charge is 0.0931 e. The van der Waals surface area contributed by atoms with Gasteiger partial charge in [0.25, 0.3) is 0 Å². The Kier molecular flexibility index (Phi) is 5.87. The Balaban J connectivity index is 2.19. The minimum Gasteiger partial charge on any atom is -0.296 e. The fourth-order valence-electron chi connectivity index (χ4n) is 3.64. The van der Waals surface area contributed by atoms with E-state index in [2.05, 4.69) is 30.2 Å². The van der Waals surface area contributed by atoms with Crippen LogP contribution in [-0.2, 0) is 6.42 Å². The number of rotatable bonds is 7. The predicted octanol–water partition coefficient (Wildman–Crippen LogP) is 3.43. The molecule has 3 nitrogen and oxygen atoms in total. The Morgan fingerprint density at radius 2 is 2.00 bits per heavy atom. The summed E-state index contributed by atoms with van der Waals surface area (Å²) in [6, 6.07) is 4.37. The molecule has 20 heavy (non-hydrogen) atoms. The third-order valence-electron chi connectivity index (χ3n) is 4.84. The molecule has 1 aliphatic heterocycles. The fourth-order valence-corrected chi connectivity index (χ4v) is 4.77. The van der Waals surface area contributed by atoms with Crippen molar-refractivity contribution in [1.29, 1.82) is 0 Å². The summed E-state index contributed by atoms with van der Waals surface area (Å²) >= 11 is 7.72. The van der Waals surface area contributed by atoms with E-state index in [4.69, 9.17) is 17.4 Å². The molecule has 1 atom stereocenters. The summed E-state index contributed by atoms with van der Waals surface area (Å²) in [4.78, 5) is 3.95. The van der Waals surface area contributed by atoms with Crippen molar-refractivity contribution in [3.8, 4) is 0 Å². The van der Waals surface area contributed by atoms with E-state index in [0.717, 1.165) is 23.6 Å².